The maximum atomic E-state index is 6.16. The van der Waals surface area contributed by atoms with E-state index in [1.807, 2.05) is 0 Å². The number of halogens is 2. The molecule has 3 N–H and O–H groups in total. The first-order valence-corrected chi connectivity index (χ1v) is 7.73. The van der Waals surface area contributed by atoms with E-state index in [-0.39, 0.29) is 6.10 Å². The fourth-order valence-electron chi connectivity index (χ4n) is 2.99. The lowest BCUT2D eigenvalue weighted by atomic mass is 10.2. The van der Waals surface area contributed by atoms with Crippen LogP contribution in [-0.4, -0.2) is 43.3 Å². The van der Waals surface area contributed by atoms with Crippen molar-refractivity contribution < 1.29 is 4.74 Å². The molecule has 0 aliphatic carbocycles. The van der Waals surface area contributed by atoms with Gasteiger partial charge in [-0.1, -0.05) is 23.2 Å². The zero-order valence-electron chi connectivity index (χ0n) is 11.2. The third kappa shape index (κ3) is 2.98. The van der Waals surface area contributed by atoms with E-state index in [0.29, 0.717) is 28.3 Å². The number of morpholine rings is 1. The molecule has 1 aromatic rings. The number of rotatable bonds is 3. The van der Waals surface area contributed by atoms with Crippen molar-refractivity contribution in [3.63, 3.8) is 0 Å². The Balaban J connectivity index is 1.60. The number of nitrogen functional groups attached to an aromatic ring is 1. The molecular formula is C14H19Cl2N3O. The highest BCUT2D eigenvalue weighted by molar-refractivity contribution is 6.39. The average Bonchev–Trinajstić information content (AvgIpc) is 2.84. The quantitative estimate of drug-likeness (QED) is 0.842. The van der Waals surface area contributed by atoms with Crippen LogP contribution >= 0.6 is 23.2 Å². The van der Waals surface area contributed by atoms with Gasteiger partial charge in [-0.3, -0.25) is 4.90 Å². The van der Waals surface area contributed by atoms with Gasteiger partial charge in [0.25, 0.3) is 0 Å². The molecule has 6 heteroatoms. The number of benzene rings is 1. The van der Waals surface area contributed by atoms with Crippen molar-refractivity contribution in [2.75, 3.05) is 37.3 Å². The van der Waals surface area contributed by atoms with E-state index in [1.165, 1.54) is 19.4 Å². The van der Waals surface area contributed by atoms with Crippen molar-refractivity contribution in [2.24, 2.45) is 0 Å². The molecule has 3 rings (SSSR count). The Morgan fingerprint density at radius 3 is 2.85 bits per heavy atom. The summed E-state index contributed by atoms with van der Waals surface area (Å²) in [5, 5.41) is 4.38. The van der Waals surface area contributed by atoms with Gasteiger partial charge in [0.05, 0.1) is 28.4 Å². The van der Waals surface area contributed by atoms with E-state index >= 15 is 0 Å². The summed E-state index contributed by atoms with van der Waals surface area (Å²) < 4.78 is 5.90. The summed E-state index contributed by atoms with van der Waals surface area (Å²) in [5.74, 6) is 0. The van der Waals surface area contributed by atoms with Crippen LogP contribution in [0, 0.1) is 0 Å². The van der Waals surface area contributed by atoms with Crippen LogP contribution in [0.5, 0.6) is 0 Å². The zero-order valence-corrected chi connectivity index (χ0v) is 12.8. The molecule has 0 spiro atoms. The third-order valence-corrected chi connectivity index (χ3v) is 4.63. The van der Waals surface area contributed by atoms with Crippen LogP contribution < -0.4 is 11.1 Å². The average molecular weight is 316 g/mol. The lowest BCUT2D eigenvalue weighted by Crippen LogP contribution is -2.48. The maximum Gasteiger partial charge on any atom is 0.0874 e. The number of hydrogen-bond acceptors (Lipinski definition) is 4. The van der Waals surface area contributed by atoms with E-state index in [2.05, 4.69) is 10.2 Å². The van der Waals surface area contributed by atoms with Crippen LogP contribution in [0.15, 0.2) is 12.1 Å². The third-order valence-electron chi connectivity index (χ3n) is 4.03. The highest BCUT2D eigenvalue weighted by atomic mass is 35.5. The number of hydrogen-bond donors (Lipinski definition) is 2. The maximum absolute atomic E-state index is 6.16. The molecule has 0 aromatic heterocycles. The summed E-state index contributed by atoms with van der Waals surface area (Å²) in [5.41, 5.74) is 7.00. The second kappa shape index (κ2) is 5.98. The molecule has 0 saturated carbocycles. The highest BCUT2D eigenvalue weighted by Gasteiger charge is 2.32. The second-order valence-electron chi connectivity index (χ2n) is 5.49. The first-order chi connectivity index (χ1) is 9.63. The Bertz CT molecular complexity index is 474. The van der Waals surface area contributed by atoms with Crippen molar-refractivity contribution in [1.82, 2.24) is 4.90 Å². The summed E-state index contributed by atoms with van der Waals surface area (Å²) in [6, 6.07) is 4.03. The number of nitrogens with two attached hydrogens (primary N) is 1. The fourth-order valence-corrected chi connectivity index (χ4v) is 3.62. The lowest BCUT2D eigenvalue weighted by molar-refractivity contribution is -0.0415. The van der Waals surface area contributed by atoms with Gasteiger partial charge in [0.2, 0.25) is 0 Å². The predicted molar refractivity (Wildman–Crippen MR) is 83.7 cm³/mol. The number of ether oxygens (including phenoxy) is 1. The number of fused-ring (bicyclic) bond motifs is 1. The van der Waals surface area contributed by atoms with Crippen molar-refractivity contribution in [1.29, 1.82) is 0 Å². The molecule has 2 unspecified atom stereocenters. The Morgan fingerprint density at radius 1 is 1.35 bits per heavy atom. The molecule has 2 aliphatic heterocycles. The SMILES string of the molecule is Nc1cc(Cl)c(NCC2CN3CCCC3CO2)c(Cl)c1. The first kappa shape index (κ1) is 14.3. The molecule has 2 atom stereocenters. The van der Waals surface area contributed by atoms with Gasteiger partial charge in [-0.2, -0.15) is 0 Å². The van der Waals surface area contributed by atoms with Gasteiger partial charge in [0.15, 0.2) is 0 Å². The fraction of sp³-hybridized carbons (Fsp3) is 0.571. The molecular weight excluding hydrogens is 297 g/mol. The van der Waals surface area contributed by atoms with Crippen molar-refractivity contribution in [2.45, 2.75) is 25.0 Å². The molecule has 0 bridgehead atoms. The van der Waals surface area contributed by atoms with E-state index in [1.54, 1.807) is 12.1 Å². The second-order valence-corrected chi connectivity index (χ2v) is 6.30. The minimum absolute atomic E-state index is 0.175. The highest BCUT2D eigenvalue weighted by Crippen LogP contribution is 2.33. The van der Waals surface area contributed by atoms with E-state index in [0.717, 1.165) is 18.8 Å². The van der Waals surface area contributed by atoms with Gasteiger partial charge < -0.3 is 15.8 Å². The van der Waals surface area contributed by atoms with Crippen LogP contribution in [0.25, 0.3) is 0 Å². The van der Waals surface area contributed by atoms with E-state index in [4.69, 9.17) is 33.7 Å². The molecule has 4 nitrogen and oxygen atoms in total. The number of anilines is 2. The minimum atomic E-state index is 0.175. The molecule has 110 valence electrons. The topological polar surface area (TPSA) is 50.5 Å². The monoisotopic (exact) mass is 315 g/mol. The zero-order chi connectivity index (χ0) is 14.1. The normalized spacial score (nSPS) is 26.5. The summed E-state index contributed by atoms with van der Waals surface area (Å²) in [6.45, 7) is 3.69. The molecule has 0 amide bonds. The smallest absolute Gasteiger partial charge is 0.0874 e. The van der Waals surface area contributed by atoms with Crippen LogP contribution in [0.3, 0.4) is 0 Å². The lowest BCUT2D eigenvalue weighted by Gasteiger charge is -2.35. The summed E-state index contributed by atoms with van der Waals surface area (Å²) in [4.78, 5) is 2.52. The van der Waals surface area contributed by atoms with Gasteiger partial charge >= 0.3 is 0 Å². The Kier molecular flexibility index (Phi) is 4.26. The largest absolute Gasteiger partial charge is 0.399 e. The standard InChI is InChI=1S/C14H19Cl2N3O/c15-12-4-9(17)5-13(16)14(12)18-6-11-7-19-3-1-2-10(19)8-20-11/h4-5,10-11,18H,1-3,6-8,17H2. The molecule has 20 heavy (non-hydrogen) atoms. The number of nitrogens with one attached hydrogen (secondary N) is 1. The van der Waals surface area contributed by atoms with Crippen LogP contribution in [-0.2, 0) is 4.74 Å². The Labute approximate surface area is 129 Å². The van der Waals surface area contributed by atoms with Gasteiger partial charge in [-0.05, 0) is 31.5 Å². The molecule has 2 fully saturated rings. The van der Waals surface area contributed by atoms with Gasteiger partial charge in [-0.25, -0.2) is 0 Å². The summed E-state index contributed by atoms with van der Waals surface area (Å²) >= 11 is 12.3. The van der Waals surface area contributed by atoms with Crippen molar-refractivity contribution in [3.05, 3.63) is 22.2 Å². The van der Waals surface area contributed by atoms with E-state index in [9.17, 15) is 0 Å². The summed E-state index contributed by atoms with van der Waals surface area (Å²) in [7, 11) is 0. The Hall–Kier alpha value is -0.680. The van der Waals surface area contributed by atoms with E-state index < -0.39 is 0 Å². The van der Waals surface area contributed by atoms with Gasteiger partial charge in [0.1, 0.15) is 0 Å². The van der Waals surface area contributed by atoms with Crippen LogP contribution in [0.2, 0.25) is 10.0 Å². The Morgan fingerprint density at radius 2 is 2.10 bits per heavy atom. The number of nitrogens with zero attached hydrogens (tertiary/aromatic N) is 1. The molecule has 2 saturated heterocycles. The minimum Gasteiger partial charge on any atom is -0.399 e. The predicted octanol–water partition coefficient (Wildman–Crippen LogP) is 2.85. The van der Waals surface area contributed by atoms with Crippen molar-refractivity contribution >= 4 is 34.6 Å². The molecule has 2 aliphatic rings. The van der Waals surface area contributed by atoms with Gasteiger partial charge in [-0.15, -0.1) is 0 Å². The first-order valence-electron chi connectivity index (χ1n) is 6.97. The van der Waals surface area contributed by atoms with Crippen LogP contribution in [0.4, 0.5) is 11.4 Å². The van der Waals surface area contributed by atoms with Crippen molar-refractivity contribution in [3.8, 4) is 0 Å². The molecule has 0 radical (unpaired) electrons. The van der Waals surface area contributed by atoms with Crippen LogP contribution in [0.1, 0.15) is 12.8 Å². The molecule has 1 aromatic carbocycles. The van der Waals surface area contributed by atoms with Gasteiger partial charge in [0, 0.05) is 24.8 Å². The molecule has 2 heterocycles. The summed E-state index contributed by atoms with van der Waals surface area (Å²) in [6.07, 6.45) is 2.72.